The third-order valence-corrected chi connectivity index (χ3v) is 3.46. The van der Waals surface area contributed by atoms with Crippen molar-refractivity contribution in [3.8, 4) is 0 Å². The minimum atomic E-state index is -1.01. The maximum atomic E-state index is 12.5. The van der Waals surface area contributed by atoms with Crippen molar-refractivity contribution in [2.75, 3.05) is 19.6 Å². The minimum Gasteiger partial charge on any atom is -0.480 e. The number of fused-ring (bicyclic) bond motifs is 1. The highest BCUT2D eigenvalue weighted by atomic mass is 16.4. The summed E-state index contributed by atoms with van der Waals surface area (Å²) in [6, 6.07) is 6.43. The number of para-hydroxylation sites is 1. The highest BCUT2D eigenvalue weighted by Gasteiger charge is 2.33. The third-order valence-electron chi connectivity index (χ3n) is 3.46. The van der Waals surface area contributed by atoms with Crippen molar-refractivity contribution >= 4 is 22.8 Å². The largest absolute Gasteiger partial charge is 0.480 e. The van der Waals surface area contributed by atoms with Gasteiger partial charge in [-0.05, 0) is 6.07 Å². The van der Waals surface area contributed by atoms with E-state index in [9.17, 15) is 14.7 Å². The Balaban J connectivity index is 1.96. The third kappa shape index (κ3) is 2.01. The molecule has 1 saturated heterocycles. The predicted molar refractivity (Wildman–Crippen MR) is 71.4 cm³/mol. The number of carboxylic acid groups (broad SMARTS) is 1. The lowest BCUT2D eigenvalue weighted by molar-refractivity contribution is -0.142. The van der Waals surface area contributed by atoms with Gasteiger partial charge in [0.2, 0.25) is 0 Å². The number of H-pyrrole nitrogens is 1. The number of carbonyl (C=O) groups excluding carboxylic acids is 1. The quantitative estimate of drug-likeness (QED) is 0.719. The molecule has 1 aromatic carbocycles. The Bertz CT molecular complexity index is 666. The number of piperazine rings is 1. The summed E-state index contributed by atoms with van der Waals surface area (Å²) in [6.07, 6.45) is 0. The van der Waals surface area contributed by atoms with Crippen LogP contribution in [0.3, 0.4) is 0 Å². The molecule has 7 nitrogen and oxygen atoms in total. The van der Waals surface area contributed by atoms with E-state index in [1.807, 2.05) is 18.2 Å². The molecule has 1 aromatic heterocycles. The van der Waals surface area contributed by atoms with E-state index in [1.165, 1.54) is 4.90 Å². The fourth-order valence-electron chi connectivity index (χ4n) is 2.43. The van der Waals surface area contributed by atoms with Crippen molar-refractivity contribution in [1.29, 1.82) is 0 Å². The summed E-state index contributed by atoms with van der Waals surface area (Å²) >= 11 is 0. The van der Waals surface area contributed by atoms with Gasteiger partial charge in [-0.2, -0.15) is 5.10 Å². The number of rotatable bonds is 2. The molecule has 20 heavy (non-hydrogen) atoms. The lowest BCUT2D eigenvalue weighted by atomic mass is 10.1. The van der Waals surface area contributed by atoms with E-state index >= 15 is 0 Å². The van der Waals surface area contributed by atoms with Gasteiger partial charge in [0.1, 0.15) is 6.04 Å². The smallest absolute Gasteiger partial charge is 0.327 e. The molecule has 0 saturated carbocycles. The molecule has 0 bridgehead atoms. The Morgan fingerprint density at radius 1 is 1.35 bits per heavy atom. The van der Waals surface area contributed by atoms with Gasteiger partial charge < -0.3 is 15.3 Å². The van der Waals surface area contributed by atoms with Crippen LogP contribution in [-0.2, 0) is 4.79 Å². The van der Waals surface area contributed by atoms with E-state index in [0.29, 0.717) is 18.5 Å². The molecule has 1 aliphatic heterocycles. The number of nitrogens with zero attached hydrogens (tertiary/aromatic N) is 2. The molecule has 3 rings (SSSR count). The maximum absolute atomic E-state index is 12.5. The number of carbonyl (C=O) groups is 2. The van der Waals surface area contributed by atoms with Crippen LogP contribution in [0.1, 0.15) is 10.5 Å². The normalized spacial score (nSPS) is 19.2. The van der Waals surface area contributed by atoms with Crippen molar-refractivity contribution in [3.05, 3.63) is 30.0 Å². The van der Waals surface area contributed by atoms with Gasteiger partial charge in [0.05, 0.1) is 5.52 Å². The van der Waals surface area contributed by atoms with Gasteiger partial charge in [-0.3, -0.25) is 9.89 Å². The number of aromatic amines is 1. The molecule has 1 fully saturated rings. The fraction of sp³-hybridized carbons (Fsp3) is 0.308. The molecule has 104 valence electrons. The van der Waals surface area contributed by atoms with Crippen molar-refractivity contribution < 1.29 is 14.7 Å². The molecule has 2 aromatic rings. The Kier molecular flexibility index (Phi) is 3.11. The molecule has 1 unspecified atom stereocenters. The lowest BCUT2D eigenvalue weighted by Gasteiger charge is -2.32. The fourth-order valence-corrected chi connectivity index (χ4v) is 2.43. The lowest BCUT2D eigenvalue weighted by Crippen LogP contribution is -2.57. The molecule has 0 aliphatic carbocycles. The van der Waals surface area contributed by atoms with Crippen LogP contribution in [0.15, 0.2) is 24.3 Å². The van der Waals surface area contributed by atoms with E-state index < -0.39 is 12.0 Å². The zero-order chi connectivity index (χ0) is 14.1. The number of aliphatic carboxylic acids is 1. The first kappa shape index (κ1) is 12.6. The van der Waals surface area contributed by atoms with E-state index in [-0.39, 0.29) is 18.1 Å². The summed E-state index contributed by atoms with van der Waals surface area (Å²) in [5.41, 5.74) is 1.03. The van der Waals surface area contributed by atoms with E-state index in [0.717, 1.165) is 5.52 Å². The van der Waals surface area contributed by atoms with E-state index in [1.54, 1.807) is 6.07 Å². The van der Waals surface area contributed by atoms with E-state index in [2.05, 4.69) is 15.5 Å². The van der Waals surface area contributed by atoms with Crippen molar-refractivity contribution in [2.45, 2.75) is 6.04 Å². The summed E-state index contributed by atoms with van der Waals surface area (Å²) < 4.78 is 0. The van der Waals surface area contributed by atoms with Gasteiger partial charge in [-0.1, -0.05) is 18.2 Å². The second kappa shape index (κ2) is 4.93. The van der Waals surface area contributed by atoms with Gasteiger partial charge >= 0.3 is 5.97 Å². The van der Waals surface area contributed by atoms with Crippen LogP contribution in [0, 0.1) is 0 Å². The van der Waals surface area contributed by atoms with Gasteiger partial charge in [0.25, 0.3) is 5.91 Å². The summed E-state index contributed by atoms with van der Waals surface area (Å²) in [6.45, 7) is 1.19. The molecule has 0 spiro atoms. The first-order valence-electron chi connectivity index (χ1n) is 6.36. The monoisotopic (exact) mass is 274 g/mol. The number of aromatic nitrogens is 2. The van der Waals surface area contributed by atoms with Gasteiger partial charge in [-0.15, -0.1) is 0 Å². The zero-order valence-electron chi connectivity index (χ0n) is 10.7. The van der Waals surface area contributed by atoms with Crippen LogP contribution in [-0.4, -0.2) is 57.8 Å². The van der Waals surface area contributed by atoms with Crippen LogP contribution in [0.4, 0.5) is 0 Å². The van der Waals surface area contributed by atoms with Crippen LogP contribution < -0.4 is 5.32 Å². The number of hydrogen-bond acceptors (Lipinski definition) is 4. The first-order valence-corrected chi connectivity index (χ1v) is 6.36. The Labute approximate surface area is 114 Å². The molecule has 7 heteroatoms. The number of amides is 1. The second-order valence-electron chi connectivity index (χ2n) is 4.67. The number of hydrogen-bond donors (Lipinski definition) is 3. The molecular formula is C13H14N4O3. The van der Waals surface area contributed by atoms with Gasteiger partial charge in [0.15, 0.2) is 5.69 Å². The maximum Gasteiger partial charge on any atom is 0.327 e. The second-order valence-corrected chi connectivity index (χ2v) is 4.67. The number of benzene rings is 1. The number of nitrogens with one attached hydrogen (secondary N) is 2. The van der Waals surface area contributed by atoms with Crippen molar-refractivity contribution in [2.24, 2.45) is 0 Å². The average molecular weight is 274 g/mol. The first-order chi connectivity index (χ1) is 9.68. The zero-order valence-corrected chi connectivity index (χ0v) is 10.7. The predicted octanol–water partition coefficient (Wildman–Crippen LogP) is 0.0615. The molecule has 1 amide bonds. The average Bonchev–Trinajstić information content (AvgIpc) is 2.90. The highest BCUT2D eigenvalue weighted by Crippen LogP contribution is 2.18. The standard InChI is InChI=1S/C13H14N4O3/c18-12(17-6-5-14-7-10(17)13(19)20)11-8-3-1-2-4-9(8)15-16-11/h1-4,10,14H,5-7H2,(H,15,16)(H,19,20). The topological polar surface area (TPSA) is 98.3 Å². The Morgan fingerprint density at radius 3 is 2.95 bits per heavy atom. The van der Waals surface area contributed by atoms with Gasteiger partial charge in [-0.25, -0.2) is 4.79 Å². The minimum absolute atomic E-state index is 0.253. The van der Waals surface area contributed by atoms with Crippen LogP contribution in [0.25, 0.3) is 10.9 Å². The summed E-state index contributed by atoms with van der Waals surface area (Å²) in [5, 5.41) is 19.7. The van der Waals surface area contributed by atoms with Crippen LogP contribution in [0.2, 0.25) is 0 Å². The number of carboxylic acids is 1. The molecule has 1 aliphatic rings. The molecule has 2 heterocycles. The summed E-state index contributed by atoms with van der Waals surface area (Å²) in [4.78, 5) is 25.1. The van der Waals surface area contributed by atoms with Crippen molar-refractivity contribution in [1.82, 2.24) is 20.4 Å². The molecule has 0 radical (unpaired) electrons. The highest BCUT2D eigenvalue weighted by molar-refractivity contribution is 6.05. The van der Waals surface area contributed by atoms with Crippen molar-refractivity contribution in [3.63, 3.8) is 0 Å². The molecule has 1 atom stereocenters. The Hall–Kier alpha value is -2.41. The molecule has 3 N–H and O–H groups in total. The summed E-state index contributed by atoms with van der Waals surface area (Å²) in [7, 11) is 0. The van der Waals surface area contributed by atoms with Crippen LogP contribution >= 0.6 is 0 Å². The van der Waals surface area contributed by atoms with Crippen LogP contribution in [0.5, 0.6) is 0 Å². The van der Waals surface area contributed by atoms with Gasteiger partial charge in [0, 0.05) is 25.0 Å². The van der Waals surface area contributed by atoms with E-state index in [4.69, 9.17) is 0 Å². The molecular weight excluding hydrogens is 260 g/mol. The summed E-state index contributed by atoms with van der Waals surface area (Å²) in [5.74, 6) is -1.36. The Morgan fingerprint density at radius 2 is 2.15 bits per heavy atom. The SMILES string of the molecule is O=C(O)C1CNCCN1C(=O)c1n[nH]c2ccccc12.